The minimum absolute atomic E-state index is 0.0131. The van der Waals surface area contributed by atoms with E-state index in [1.807, 2.05) is 38.1 Å². The van der Waals surface area contributed by atoms with E-state index in [1.54, 1.807) is 0 Å². The number of likely N-dealkylation sites (tertiary alicyclic amines) is 1. The Kier molecular flexibility index (Phi) is 6.40. The number of ether oxygens (including phenoxy) is 1. The second-order valence-electron chi connectivity index (χ2n) is 9.60. The Morgan fingerprint density at radius 1 is 1.06 bits per heavy atom. The molecule has 1 saturated heterocycles. The van der Waals surface area contributed by atoms with Gasteiger partial charge in [0.25, 0.3) is 0 Å². The zero-order chi connectivity index (χ0) is 23.6. The number of hydrogen-bond acceptors (Lipinski definition) is 4. The van der Waals surface area contributed by atoms with Crippen molar-refractivity contribution >= 4 is 18.0 Å². The predicted octanol–water partition coefficient (Wildman–Crippen LogP) is 4.02. The molecule has 7 heteroatoms. The van der Waals surface area contributed by atoms with Crippen LogP contribution >= 0.6 is 0 Å². The monoisotopic (exact) mass is 450 g/mol. The van der Waals surface area contributed by atoms with Gasteiger partial charge >= 0.3 is 12.1 Å². The highest BCUT2D eigenvalue weighted by Crippen LogP contribution is 2.44. The first kappa shape index (κ1) is 22.8. The summed E-state index contributed by atoms with van der Waals surface area (Å²) in [5, 5.41) is 12.1. The van der Waals surface area contributed by atoms with Gasteiger partial charge in [-0.1, -0.05) is 62.4 Å². The van der Waals surface area contributed by atoms with Gasteiger partial charge in [-0.15, -0.1) is 0 Å². The van der Waals surface area contributed by atoms with Crippen LogP contribution in [-0.2, 0) is 14.3 Å². The van der Waals surface area contributed by atoms with Crippen LogP contribution in [0.2, 0.25) is 0 Å². The molecule has 2 amide bonds. The van der Waals surface area contributed by atoms with Crippen molar-refractivity contribution < 1.29 is 24.2 Å². The van der Waals surface area contributed by atoms with Crippen molar-refractivity contribution in [2.75, 3.05) is 19.7 Å². The van der Waals surface area contributed by atoms with Crippen molar-refractivity contribution in [2.24, 2.45) is 5.41 Å². The number of carbonyl (C=O) groups is 3. The molecule has 174 valence electrons. The summed E-state index contributed by atoms with van der Waals surface area (Å²) in [7, 11) is 0. The molecule has 1 aliphatic carbocycles. The van der Waals surface area contributed by atoms with Crippen molar-refractivity contribution in [1.29, 1.82) is 0 Å². The van der Waals surface area contributed by atoms with E-state index in [9.17, 15) is 19.5 Å². The molecule has 1 fully saturated rings. The lowest BCUT2D eigenvalue weighted by Crippen LogP contribution is -2.44. The van der Waals surface area contributed by atoms with Gasteiger partial charge in [0.05, 0.1) is 0 Å². The molecule has 2 aromatic rings. The molecule has 2 N–H and O–H groups in total. The third kappa shape index (κ3) is 4.87. The Morgan fingerprint density at radius 2 is 1.67 bits per heavy atom. The lowest BCUT2D eigenvalue weighted by Gasteiger charge is -2.29. The first-order valence-electron chi connectivity index (χ1n) is 11.4. The Labute approximate surface area is 193 Å². The number of alkyl carbamates (subject to hydrolysis) is 1. The van der Waals surface area contributed by atoms with E-state index < -0.39 is 23.5 Å². The summed E-state index contributed by atoms with van der Waals surface area (Å²) >= 11 is 0. The molecule has 0 unspecified atom stereocenters. The van der Waals surface area contributed by atoms with E-state index in [-0.39, 0.29) is 31.4 Å². The van der Waals surface area contributed by atoms with E-state index in [0.717, 1.165) is 11.1 Å². The van der Waals surface area contributed by atoms with Crippen LogP contribution in [0.25, 0.3) is 11.1 Å². The number of carboxylic acids is 1. The number of carbonyl (C=O) groups excluding carboxylic acids is 2. The third-order valence-electron chi connectivity index (χ3n) is 6.54. The highest BCUT2D eigenvalue weighted by molar-refractivity contribution is 5.84. The normalized spacial score (nSPS) is 17.4. The molecule has 0 aromatic heterocycles. The van der Waals surface area contributed by atoms with Crippen molar-refractivity contribution in [2.45, 2.75) is 45.1 Å². The minimum atomic E-state index is -0.963. The van der Waals surface area contributed by atoms with Gasteiger partial charge in [0.15, 0.2) is 0 Å². The summed E-state index contributed by atoms with van der Waals surface area (Å²) in [6.45, 7) is 4.70. The molecule has 2 aliphatic rings. The number of rotatable bonds is 7. The molecule has 1 heterocycles. The number of nitrogens with zero attached hydrogens (tertiary/aromatic N) is 1. The molecule has 0 radical (unpaired) electrons. The SMILES string of the molecule is CC(C)(CNC(=O)OCC1c2ccccc2-c2ccccc21)CC(=O)N1CCC[C@H]1C(=O)O. The molecular formula is C26H30N2O5. The average molecular weight is 451 g/mol. The fourth-order valence-corrected chi connectivity index (χ4v) is 4.86. The molecule has 0 saturated carbocycles. The molecule has 0 spiro atoms. The Hall–Kier alpha value is -3.35. The molecule has 2 aromatic carbocycles. The molecule has 4 rings (SSSR count). The summed E-state index contributed by atoms with van der Waals surface area (Å²) in [6.07, 6.45) is 0.808. The number of nitrogens with one attached hydrogen (secondary N) is 1. The van der Waals surface area contributed by atoms with Gasteiger partial charge in [0, 0.05) is 25.4 Å². The topological polar surface area (TPSA) is 95.9 Å². The van der Waals surface area contributed by atoms with E-state index in [4.69, 9.17) is 4.74 Å². The Morgan fingerprint density at radius 3 is 2.27 bits per heavy atom. The lowest BCUT2D eigenvalue weighted by molar-refractivity contribution is -0.149. The zero-order valence-corrected chi connectivity index (χ0v) is 19.0. The second kappa shape index (κ2) is 9.25. The first-order valence-corrected chi connectivity index (χ1v) is 11.4. The Balaban J connectivity index is 1.31. The summed E-state index contributed by atoms with van der Waals surface area (Å²) in [5.74, 6) is -1.17. The summed E-state index contributed by atoms with van der Waals surface area (Å²) < 4.78 is 5.57. The Bertz CT molecular complexity index is 1020. The highest BCUT2D eigenvalue weighted by atomic mass is 16.5. The largest absolute Gasteiger partial charge is 0.480 e. The zero-order valence-electron chi connectivity index (χ0n) is 19.0. The number of hydrogen-bond donors (Lipinski definition) is 2. The second-order valence-corrected chi connectivity index (χ2v) is 9.60. The van der Waals surface area contributed by atoms with Crippen molar-refractivity contribution in [3.8, 4) is 11.1 Å². The van der Waals surface area contributed by atoms with E-state index >= 15 is 0 Å². The summed E-state index contributed by atoms with van der Waals surface area (Å²) in [6, 6.07) is 15.6. The fraction of sp³-hybridized carbons (Fsp3) is 0.423. The van der Waals surface area contributed by atoms with Crippen LogP contribution in [0, 0.1) is 5.41 Å². The summed E-state index contributed by atoms with van der Waals surface area (Å²) in [5.41, 5.74) is 4.10. The standard InChI is InChI=1S/C26H30N2O5/c1-26(2,14-23(29)28-13-7-12-22(28)24(30)31)16-27-25(32)33-15-21-19-10-5-3-8-17(19)18-9-4-6-11-20(18)21/h3-6,8-11,21-22H,7,12-16H2,1-2H3,(H,27,32)(H,30,31)/t22-/m0/s1. The molecule has 33 heavy (non-hydrogen) atoms. The van der Waals surface area contributed by atoms with Crippen LogP contribution in [0.1, 0.15) is 50.2 Å². The number of amides is 2. The molecular weight excluding hydrogens is 420 g/mol. The van der Waals surface area contributed by atoms with Gasteiger partial charge in [-0.2, -0.15) is 0 Å². The predicted molar refractivity (Wildman–Crippen MR) is 124 cm³/mol. The number of fused-ring (bicyclic) bond motifs is 3. The van der Waals surface area contributed by atoms with Gasteiger partial charge in [-0.25, -0.2) is 9.59 Å². The smallest absolute Gasteiger partial charge is 0.407 e. The van der Waals surface area contributed by atoms with E-state index in [1.165, 1.54) is 16.0 Å². The van der Waals surface area contributed by atoms with Crippen LogP contribution < -0.4 is 5.32 Å². The van der Waals surface area contributed by atoms with Gasteiger partial charge in [0.1, 0.15) is 12.6 Å². The van der Waals surface area contributed by atoms with Crippen LogP contribution in [0.4, 0.5) is 4.79 Å². The van der Waals surface area contributed by atoms with Gasteiger partial charge in [-0.05, 0) is 40.5 Å². The highest BCUT2D eigenvalue weighted by Gasteiger charge is 2.36. The third-order valence-corrected chi connectivity index (χ3v) is 6.54. The average Bonchev–Trinajstić information content (AvgIpc) is 3.40. The van der Waals surface area contributed by atoms with Gasteiger partial charge < -0.3 is 20.1 Å². The lowest BCUT2D eigenvalue weighted by atomic mass is 9.88. The van der Waals surface area contributed by atoms with Crippen molar-refractivity contribution in [3.05, 3.63) is 59.7 Å². The number of carboxylic acid groups (broad SMARTS) is 1. The fourth-order valence-electron chi connectivity index (χ4n) is 4.86. The molecule has 1 aliphatic heterocycles. The number of benzene rings is 2. The van der Waals surface area contributed by atoms with Crippen LogP contribution in [0.15, 0.2) is 48.5 Å². The maximum atomic E-state index is 12.7. The number of aliphatic carboxylic acids is 1. The van der Waals surface area contributed by atoms with Gasteiger partial charge in [-0.3, -0.25) is 4.79 Å². The van der Waals surface area contributed by atoms with Crippen LogP contribution in [0.5, 0.6) is 0 Å². The van der Waals surface area contributed by atoms with Crippen molar-refractivity contribution in [3.63, 3.8) is 0 Å². The molecule has 0 bridgehead atoms. The minimum Gasteiger partial charge on any atom is -0.480 e. The maximum Gasteiger partial charge on any atom is 0.407 e. The molecule has 1 atom stereocenters. The molecule has 7 nitrogen and oxygen atoms in total. The summed E-state index contributed by atoms with van der Waals surface area (Å²) in [4.78, 5) is 37.9. The quantitative estimate of drug-likeness (QED) is 0.664. The van der Waals surface area contributed by atoms with Crippen molar-refractivity contribution in [1.82, 2.24) is 10.2 Å². The van der Waals surface area contributed by atoms with E-state index in [0.29, 0.717) is 19.4 Å². The van der Waals surface area contributed by atoms with Crippen LogP contribution in [0.3, 0.4) is 0 Å². The maximum absolute atomic E-state index is 12.7. The first-order chi connectivity index (χ1) is 15.8. The van der Waals surface area contributed by atoms with Crippen LogP contribution in [-0.4, -0.2) is 53.7 Å². The van der Waals surface area contributed by atoms with E-state index in [2.05, 4.69) is 29.6 Å². The van der Waals surface area contributed by atoms with Gasteiger partial charge in [0.2, 0.25) is 5.91 Å².